The van der Waals surface area contributed by atoms with Gasteiger partial charge in [0.2, 0.25) is 0 Å². The van der Waals surface area contributed by atoms with Crippen LogP contribution >= 0.6 is 0 Å². The molecule has 0 aromatic heterocycles. The van der Waals surface area contributed by atoms with Crippen molar-refractivity contribution in [3.05, 3.63) is 30.3 Å². The van der Waals surface area contributed by atoms with Crippen LogP contribution in [0, 0.1) is 0 Å². The minimum Gasteiger partial charge on any atom is -0.481 e. The minimum atomic E-state index is -0.712. The molecule has 1 N–H and O–H groups in total. The van der Waals surface area contributed by atoms with Crippen LogP contribution in [-0.2, 0) is 4.79 Å². The van der Waals surface area contributed by atoms with Crippen molar-refractivity contribution in [2.45, 2.75) is 18.9 Å². The fourth-order valence-electron chi connectivity index (χ4n) is 2.51. The molecule has 1 aromatic rings. The molecule has 1 aliphatic rings. The van der Waals surface area contributed by atoms with E-state index in [1.54, 1.807) is 0 Å². The van der Waals surface area contributed by atoms with Gasteiger partial charge in [0.1, 0.15) is 0 Å². The normalized spacial score (nSPS) is 20.9. The van der Waals surface area contributed by atoms with Gasteiger partial charge in [0, 0.05) is 37.8 Å². The van der Waals surface area contributed by atoms with Crippen LogP contribution in [0.1, 0.15) is 12.8 Å². The molecule has 1 atom stereocenters. The molecule has 0 amide bonds. The van der Waals surface area contributed by atoms with Crippen LogP contribution in [0.25, 0.3) is 0 Å². The van der Waals surface area contributed by atoms with E-state index >= 15 is 0 Å². The van der Waals surface area contributed by atoms with Crippen LogP contribution in [0.2, 0.25) is 0 Å². The molecule has 1 aliphatic heterocycles. The zero-order valence-corrected chi connectivity index (χ0v) is 10.7. The van der Waals surface area contributed by atoms with Gasteiger partial charge in [-0.05, 0) is 25.6 Å². The van der Waals surface area contributed by atoms with E-state index in [0.29, 0.717) is 12.5 Å². The quantitative estimate of drug-likeness (QED) is 0.880. The van der Waals surface area contributed by atoms with E-state index in [1.807, 2.05) is 18.2 Å². The fraction of sp³-hybridized carbons (Fsp3) is 0.500. The van der Waals surface area contributed by atoms with Crippen molar-refractivity contribution in [3.63, 3.8) is 0 Å². The summed E-state index contributed by atoms with van der Waals surface area (Å²) in [5, 5.41) is 8.83. The van der Waals surface area contributed by atoms with Gasteiger partial charge in [0.25, 0.3) is 0 Å². The number of carboxylic acid groups (broad SMARTS) is 1. The largest absolute Gasteiger partial charge is 0.481 e. The predicted molar refractivity (Wildman–Crippen MR) is 71.9 cm³/mol. The van der Waals surface area contributed by atoms with Gasteiger partial charge in [-0.2, -0.15) is 0 Å². The zero-order valence-electron chi connectivity index (χ0n) is 10.7. The maximum atomic E-state index is 10.7. The van der Waals surface area contributed by atoms with Crippen LogP contribution < -0.4 is 4.90 Å². The number of likely N-dealkylation sites (N-methyl/N-ethyl adjacent to an activating group) is 1. The Hall–Kier alpha value is -1.55. The maximum absolute atomic E-state index is 10.7. The molecule has 98 valence electrons. The van der Waals surface area contributed by atoms with Gasteiger partial charge in [-0.3, -0.25) is 4.79 Å². The topological polar surface area (TPSA) is 43.8 Å². The van der Waals surface area contributed by atoms with Gasteiger partial charge in [-0.1, -0.05) is 18.2 Å². The van der Waals surface area contributed by atoms with E-state index in [9.17, 15) is 4.79 Å². The monoisotopic (exact) mass is 248 g/mol. The zero-order chi connectivity index (χ0) is 13.0. The average Bonchev–Trinajstić information content (AvgIpc) is 2.37. The summed E-state index contributed by atoms with van der Waals surface area (Å²) in [6.07, 6.45) is 0.941. The summed E-state index contributed by atoms with van der Waals surface area (Å²) in [5.41, 5.74) is 1.20. The highest BCUT2D eigenvalue weighted by atomic mass is 16.4. The number of para-hydroxylation sites is 1. The molecule has 0 saturated carbocycles. The van der Waals surface area contributed by atoms with Gasteiger partial charge >= 0.3 is 5.97 Å². The van der Waals surface area contributed by atoms with E-state index in [4.69, 9.17) is 5.11 Å². The molecule has 4 nitrogen and oxygen atoms in total. The number of aliphatic carboxylic acids is 1. The molecular formula is C14H20N2O2. The number of carbonyl (C=O) groups is 1. The molecule has 1 aromatic carbocycles. The summed E-state index contributed by atoms with van der Waals surface area (Å²) >= 11 is 0. The number of carboxylic acids is 1. The molecule has 0 aliphatic carbocycles. The van der Waals surface area contributed by atoms with E-state index in [0.717, 1.165) is 19.6 Å². The second-order valence-electron chi connectivity index (χ2n) is 4.88. The first-order chi connectivity index (χ1) is 8.66. The third kappa shape index (κ3) is 3.23. The van der Waals surface area contributed by atoms with Crippen molar-refractivity contribution in [2.24, 2.45) is 0 Å². The molecule has 1 heterocycles. The third-order valence-corrected chi connectivity index (χ3v) is 3.47. The molecule has 0 radical (unpaired) electrons. The Morgan fingerprint density at radius 3 is 2.72 bits per heavy atom. The molecule has 0 bridgehead atoms. The molecule has 1 unspecified atom stereocenters. The Labute approximate surface area is 108 Å². The molecule has 1 saturated heterocycles. The first-order valence-corrected chi connectivity index (χ1v) is 6.39. The average molecular weight is 248 g/mol. The summed E-state index contributed by atoms with van der Waals surface area (Å²) in [4.78, 5) is 15.3. The molecule has 4 heteroatoms. The predicted octanol–water partition coefficient (Wildman–Crippen LogP) is 1.67. The second-order valence-corrected chi connectivity index (χ2v) is 4.88. The number of hydrogen-bond acceptors (Lipinski definition) is 3. The van der Waals surface area contributed by atoms with Gasteiger partial charge < -0.3 is 14.9 Å². The lowest BCUT2D eigenvalue weighted by atomic mass is 10.1. The van der Waals surface area contributed by atoms with Crippen molar-refractivity contribution >= 4 is 11.7 Å². The molecule has 18 heavy (non-hydrogen) atoms. The Morgan fingerprint density at radius 1 is 1.33 bits per heavy atom. The molecule has 1 fully saturated rings. The standard InChI is InChI=1S/C14H20N2O2/c1-15-9-10-16(12-5-3-2-4-6-12)13(11-15)7-8-14(17)18/h2-6,13H,7-11H2,1H3,(H,17,18). The van der Waals surface area contributed by atoms with Gasteiger partial charge in [0.15, 0.2) is 0 Å². The lowest BCUT2D eigenvalue weighted by molar-refractivity contribution is -0.137. The maximum Gasteiger partial charge on any atom is 0.303 e. The first-order valence-electron chi connectivity index (χ1n) is 6.39. The Kier molecular flexibility index (Phi) is 4.20. The number of nitrogens with zero attached hydrogens (tertiary/aromatic N) is 2. The van der Waals surface area contributed by atoms with E-state index in [-0.39, 0.29) is 6.42 Å². The Balaban J connectivity index is 2.08. The van der Waals surface area contributed by atoms with Crippen molar-refractivity contribution in [2.75, 3.05) is 31.6 Å². The SMILES string of the molecule is CN1CCN(c2ccccc2)C(CCC(=O)O)C1. The summed E-state index contributed by atoms with van der Waals surface area (Å²) in [6, 6.07) is 10.6. The third-order valence-electron chi connectivity index (χ3n) is 3.47. The first kappa shape index (κ1) is 12.9. The number of anilines is 1. The smallest absolute Gasteiger partial charge is 0.303 e. The summed E-state index contributed by atoms with van der Waals surface area (Å²) in [7, 11) is 2.09. The van der Waals surface area contributed by atoms with E-state index < -0.39 is 5.97 Å². The van der Waals surface area contributed by atoms with Crippen molar-refractivity contribution < 1.29 is 9.90 Å². The highest BCUT2D eigenvalue weighted by molar-refractivity contribution is 5.66. The Morgan fingerprint density at radius 2 is 2.06 bits per heavy atom. The summed E-state index contributed by atoms with van der Waals surface area (Å²) < 4.78 is 0. The van der Waals surface area contributed by atoms with E-state index in [2.05, 4.69) is 29.0 Å². The Bertz CT molecular complexity index is 394. The highest BCUT2D eigenvalue weighted by Crippen LogP contribution is 2.22. The van der Waals surface area contributed by atoms with Gasteiger partial charge in [-0.15, -0.1) is 0 Å². The van der Waals surface area contributed by atoms with Gasteiger partial charge in [-0.25, -0.2) is 0 Å². The number of piperazine rings is 1. The highest BCUT2D eigenvalue weighted by Gasteiger charge is 2.25. The fourth-order valence-corrected chi connectivity index (χ4v) is 2.51. The number of benzene rings is 1. The molecule has 0 spiro atoms. The lowest BCUT2D eigenvalue weighted by Crippen LogP contribution is -2.52. The van der Waals surface area contributed by atoms with Crippen molar-refractivity contribution in [1.82, 2.24) is 4.90 Å². The minimum absolute atomic E-state index is 0.238. The lowest BCUT2D eigenvalue weighted by Gasteiger charge is -2.41. The summed E-state index contributed by atoms with van der Waals surface area (Å²) in [6.45, 7) is 2.92. The van der Waals surface area contributed by atoms with Crippen LogP contribution in [0.3, 0.4) is 0 Å². The van der Waals surface area contributed by atoms with Crippen LogP contribution in [0.15, 0.2) is 30.3 Å². The molecule has 2 rings (SSSR count). The van der Waals surface area contributed by atoms with Crippen LogP contribution in [0.5, 0.6) is 0 Å². The second kappa shape index (κ2) is 5.87. The van der Waals surface area contributed by atoms with Crippen LogP contribution in [-0.4, -0.2) is 48.7 Å². The van der Waals surface area contributed by atoms with Gasteiger partial charge in [0.05, 0.1) is 0 Å². The van der Waals surface area contributed by atoms with Crippen LogP contribution in [0.4, 0.5) is 5.69 Å². The molecular weight excluding hydrogens is 228 g/mol. The van der Waals surface area contributed by atoms with Crippen molar-refractivity contribution in [1.29, 1.82) is 0 Å². The number of rotatable bonds is 4. The number of hydrogen-bond donors (Lipinski definition) is 1. The van der Waals surface area contributed by atoms with Crippen molar-refractivity contribution in [3.8, 4) is 0 Å². The van der Waals surface area contributed by atoms with E-state index in [1.165, 1.54) is 5.69 Å². The summed E-state index contributed by atoms with van der Waals surface area (Å²) in [5.74, 6) is -0.712.